The van der Waals surface area contributed by atoms with E-state index in [1.165, 1.54) is 28.8 Å². The van der Waals surface area contributed by atoms with Crippen LogP contribution < -0.4 is 5.32 Å². The minimum Gasteiger partial charge on any atom is -0.438 e. The molecule has 1 fully saturated rings. The second-order valence-electron chi connectivity index (χ2n) is 4.58. The van der Waals surface area contributed by atoms with Gasteiger partial charge in [0, 0.05) is 19.3 Å². The van der Waals surface area contributed by atoms with Crippen LogP contribution in [0.2, 0.25) is 0 Å². The maximum atomic E-state index is 12.4. The number of amides is 1. The Morgan fingerprint density at radius 3 is 2.77 bits per heavy atom. The molecule has 0 bridgehead atoms. The number of aromatic nitrogens is 2. The molecule has 1 aliphatic heterocycles. The molecule has 3 rings (SSSR count). The standard InChI is InChI=1S/C12H14N4O5S/c17-12(15-9-7-13-14-8-9)10-1-2-11(21-10)22(18,19)16-3-5-20-6-4-16/h1-2,7-8H,3-6H2,(H,13,14)(H,15,17). The number of anilines is 1. The zero-order valence-corrected chi connectivity index (χ0v) is 12.3. The van der Waals surface area contributed by atoms with Gasteiger partial charge in [-0.05, 0) is 12.1 Å². The number of furan rings is 1. The highest BCUT2D eigenvalue weighted by Gasteiger charge is 2.30. The number of sulfonamides is 1. The predicted octanol–water partition coefficient (Wildman–Crippen LogP) is 0.276. The van der Waals surface area contributed by atoms with E-state index in [0.717, 1.165) is 0 Å². The quantitative estimate of drug-likeness (QED) is 0.833. The number of hydrogen-bond acceptors (Lipinski definition) is 6. The Balaban J connectivity index is 1.76. The van der Waals surface area contributed by atoms with Gasteiger partial charge >= 0.3 is 0 Å². The monoisotopic (exact) mass is 326 g/mol. The molecular formula is C12H14N4O5S. The van der Waals surface area contributed by atoms with E-state index in [4.69, 9.17) is 9.15 Å². The lowest BCUT2D eigenvalue weighted by molar-refractivity contribution is 0.0723. The van der Waals surface area contributed by atoms with Gasteiger partial charge in [-0.15, -0.1) is 0 Å². The lowest BCUT2D eigenvalue weighted by atomic mass is 10.4. The highest BCUT2D eigenvalue weighted by atomic mass is 32.2. The fourth-order valence-electron chi connectivity index (χ4n) is 2.01. The Hall–Kier alpha value is -2.17. The van der Waals surface area contributed by atoms with E-state index in [9.17, 15) is 13.2 Å². The molecule has 9 nitrogen and oxygen atoms in total. The molecule has 2 aromatic rings. The number of rotatable bonds is 4. The molecule has 0 aromatic carbocycles. The summed E-state index contributed by atoms with van der Waals surface area (Å²) in [7, 11) is -3.75. The molecule has 0 unspecified atom stereocenters. The summed E-state index contributed by atoms with van der Waals surface area (Å²) < 4.78 is 36.3. The fraction of sp³-hybridized carbons (Fsp3) is 0.333. The molecule has 0 aliphatic carbocycles. The topological polar surface area (TPSA) is 118 Å². The molecule has 0 radical (unpaired) electrons. The molecule has 0 saturated carbocycles. The summed E-state index contributed by atoms with van der Waals surface area (Å²) in [6, 6.07) is 2.60. The Kier molecular flexibility index (Phi) is 3.96. The molecule has 3 heterocycles. The Labute approximate surface area is 126 Å². The Morgan fingerprint density at radius 1 is 1.32 bits per heavy atom. The lowest BCUT2D eigenvalue weighted by Crippen LogP contribution is -2.40. The summed E-state index contributed by atoms with van der Waals surface area (Å²) in [5.41, 5.74) is 0.457. The van der Waals surface area contributed by atoms with Crippen molar-refractivity contribution in [2.24, 2.45) is 0 Å². The molecule has 10 heteroatoms. The number of carbonyl (C=O) groups excluding carboxylic acids is 1. The van der Waals surface area contributed by atoms with E-state index in [2.05, 4.69) is 15.5 Å². The van der Waals surface area contributed by atoms with E-state index < -0.39 is 15.9 Å². The van der Waals surface area contributed by atoms with E-state index in [-0.39, 0.29) is 23.9 Å². The third-order valence-corrected chi connectivity index (χ3v) is 4.90. The van der Waals surface area contributed by atoms with Crippen LogP contribution in [-0.2, 0) is 14.8 Å². The van der Waals surface area contributed by atoms with Gasteiger partial charge in [-0.25, -0.2) is 8.42 Å². The molecule has 0 spiro atoms. The minimum atomic E-state index is -3.75. The molecule has 2 aromatic heterocycles. The largest absolute Gasteiger partial charge is 0.438 e. The molecule has 2 N–H and O–H groups in total. The third kappa shape index (κ3) is 2.89. The van der Waals surface area contributed by atoms with Crippen LogP contribution in [0.15, 0.2) is 34.0 Å². The van der Waals surface area contributed by atoms with Gasteiger partial charge in [0.05, 0.1) is 25.1 Å². The number of aromatic amines is 1. The van der Waals surface area contributed by atoms with Crippen LogP contribution in [0.3, 0.4) is 0 Å². The fourth-order valence-corrected chi connectivity index (χ4v) is 3.33. The van der Waals surface area contributed by atoms with Gasteiger partial charge < -0.3 is 14.5 Å². The van der Waals surface area contributed by atoms with Crippen molar-refractivity contribution in [2.75, 3.05) is 31.6 Å². The zero-order chi connectivity index (χ0) is 15.6. The van der Waals surface area contributed by atoms with Crippen LogP contribution in [0.4, 0.5) is 5.69 Å². The van der Waals surface area contributed by atoms with Crippen LogP contribution in [0.1, 0.15) is 10.6 Å². The molecule has 22 heavy (non-hydrogen) atoms. The summed E-state index contributed by atoms with van der Waals surface area (Å²) in [6.45, 7) is 1.21. The van der Waals surface area contributed by atoms with Crippen molar-refractivity contribution >= 4 is 21.6 Å². The van der Waals surface area contributed by atoms with Gasteiger partial charge in [0.1, 0.15) is 0 Å². The smallest absolute Gasteiger partial charge is 0.291 e. The first-order chi connectivity index (χ1) is 10.6. The number of nitrogens with zero attached hydrogens (tertiary/aromatic N) is 2. The molecule has 0 atom stereocenters. The summed E-state index contributed by atoms with van der Waals surface area (Å²) in [5, 5.41) is 8.51. The van der Waals surface area contributed by atoms with Gasteiger partial charge in [-0.2, -0.15) is 9.40 Å². The van der Waals surface area contributed by atoms with Gasteiger partial charge in [-0.3, -0.25) is 9.89 Å². The number of carbonyl (C=O) groups is 1. The van der Waals surface area contributed by atoms with Crippen molar-refractivity contribution in [3.8, 4) is 0 Å². The first-order valence-electron chi connectivity index (χ1n) is 6.55. The van der Waals surface area contributed by atoms with Gasteiger partial charge in [-0.1, -0.05) is 0 Å². The van der Waals surface area contributed by atoms with E-state index in [0.29, 0.717) is 18.9 Å². The SMILES string of the molecule is O=C(Nc1cn[nH]c1)c1ccc(S(=O)(=O)N2CCOCC2)o1. The van der Waals surface area contributed by atoms with Crippen LogP contribution in [0.5, 0.6) is 0 Å². The van der Waals surface area contributed by atoms with Gasteiger partial charge in [0.2, 0.25) is 5.09 Å². The predicted molar refractivity (Wildman–Crippen MR) is 74.8 cm³/mol. The number of hydrogen-bond donors (Lipinski definition) is 2. The van der Waals surface area contributed by atoms with E-state index in [1.807, 2.05) is 0 Å². The normalized spacial score (nSPS) is 16.5. The first-order valence-corrected chi connectivity index (χ1v) is 7.99. The molecular weight excluding hydrogens is 312 g/mol. The summed E-state index contributed by atoms with van der Waals surface area (Å²) in [4.78, 5) is 12.0. The van der Waals surface area contributed by atoms with Crippen molar-refractivity contribution in [3.63, 3.8) is 0 Å². The maximum absolute atomic E-state index is 12.4. The van der Waals surface area contributed by atoms with Crippen LogP contribution >= 0.6 is 0 Å². The summed E-state index contributed by atoms with van der Waals surface area (Å²) in [6.07, 6.45) is 2.92. The Morgan fingerprint density at radius 2 is 2.09 bits per heavy atom. The average molecular weight is 326 g/mol. The molecule has 118 valence electrons. The second kappa shape index (κ2) is 5.91. The van der Waals surface area contributed by atoms with Crippen molar-refractivity contribution in [1.82, 2.24) is 14.5 Å². The van der Waals surface area contributed by atoms with Crippen molar-refractivity contribution < 1.29 is 22.4 Å². The van der Waals surface area contributed by atoms with E-state index >= 15 is 0 Å². The van der Waals surface area contributed by atoms with Crippen LogP contribution in [-0.4, -0.2) is 55.1 Å². The number of nitrogens with one attached hydrogen (secondary N) is 2. The molecule has 1 amide bonds. The number of morpholine rings is 1. The van der Waals surface area contributed by atoms with Crippen LogP contribution in [0.25, 0.3) is 0 Å². The highest BCUT2D eigenvalue weighted by molar-refractivity contribution is 7.89. The molecule has 1 aliphatic rings. The zero-order valence-electron chi connectivity index (χ0n) is 11.5. The second-order valence-corrected chi connectivity index (χ2v) is 6.45. The van der Waals surface area contributed by atoms with Crippen molar-refractivity contribution in [3.05, 3.63) is 30.3 Å². The highest BCUT2D eigenvalue weighted by Crippen LogP contribution is 2.20. The van der Waals surface area contributed by atoms with Gasteiger partial charge in [0.25, 0.3) is 15.9 Å². The van der Waals surface area contributed by atoms with Crippen LogP contribution in [0, 0.1) is 0 Å². The van der Waals surface area contributed by atoms with Crippen molar-refractivity contribution in [2.45, 2.75) is 5.09 Å². The van der Waals surface area contributed by atoms with Gasteiger partial charge in [0.15, 0.2) is 5.76 Å². The Bertz CT molecular complexity index is 746. The molecule has 1 saturated heterocycles. The lowest BCUT2D eigenvalue weighted by Gasteiger charge is -2.24. The minimum absolute atomic E-state index is 0.0898. The summed E-state index contributed by atoms with van der Waals surface area (Å²) in [5.74, 6) is -0.641. The maximum Gasteiger partial charge on any atom is 0.291 e. The first kappa shape index (κ1) is 14.8. The summed E-state index contributed by atoms with van der Waals surface area (Å²) >= 11 is 0. The van der Waals surface area contributed by atoms with Crippen molar-refractivity contribution in [1.29, 1.82) is 0 Å². The average Bonchev–Trinajstić information content (AvgIpc) is 3.19. The number of H-pyrrole nitrogens is 1. The number of ether oxygens (including phenoxy) is 1. The third-order valence-electron chi connectivity index (χ3n) is 3.13. The van der Waals surface area contributed by atoms with E-state index in [1.54, 1.807) is 0 Å².